The molecule has 2 bridgehead atoms. The molecule has 0 saturated carbocycles. The van der Waals surface area contributed by atoms with Gasteiger partial charge in [-0.1, -0.05) is 12.2 Å². The highest BCUT2D eigenvalue weighted by atomic mass is 16.6. The van der Waals surface area contributed by atoms with Crippen LogP contribution in [0.2, 0.25) is 0 Å². The molecule has 3 amide bonds. The van der Waals surface area contributed by atoms with Gasteiger partial charge in [0.15, 0.2) is 11.3 Å². The first-order chi connectivity index (χ1) is 24.5. The van der Waals surface area contributed by atoms with Crippen LogP contribution in [0.5, 0.6) is 5.75 Å². The predicted molar refractivity (Wildman–Crippen MR) is 186 cm³/mol. The minimum Gasteiger partial charge on any atom is -0.491 e. The Bertz CT molecular complexity index is 2020. The molecule has 268 valence electrons. The molecule has 2 atom stereocenters. The molecule has 2 aliphatic rings. The lowest BCUT2D eigenvalue weighted by atomic mass is 10.1. The number of carbonyl (C=O) groups excluding carboxylic acids is 3. The number of aryl methyl sites for hydroxylation is 2. The first kappa shape index (κ1) is 35.0. The van der Waals surface area contributed by atoms with Crippen molar-refractivity contribution in [1.29, 1.82) is 0 Å². The zero-order valence-corrected chi connectivity index (χ0v) is 28.2. The van der Waals surface area contributed by atoms with E-state index in [1.54, 1.807) is 34.4 Å². The number of fused-ring (bicyclic) bond motifs is 3. The second-order valence-corrected chi connectivity index (χ2v) is 12.3. The summed E-state index contributed by atoms with van der Waals surface area (Å²) in [6.07, 6.45) is 6.79. The third-order valence-electron chi connectivity index (χ3n) is 8.80. The highest BCUT2D eigenvalue weighted by molar-refractivity contribution is 6.03. The number of carbonyl (C=O) groups is 3. The standard InChI is InChI=1S/C33H39N11O7/c1-3-43-26(11-19(2)40-43)32(47)39-33-38-24-12-21(30(35)46)16-37-31(24)42(33)9-5-4-7-36-28-25(44(48)49)13-20(29(34)45)14-27(28)50-10-6-8-41-17-23-15-22(41)18-51-23/h4-5,11-14,16,22-23,36H,3,6-10,15,17-18H2,1-2H3,(H2,34,45)(H2,35,46)(H,38,39,47)/b5-4+/t22-,23-/m0/s1. The fraction of sp³-hybridized carbons (Fsp3) is 0.394. The first-order valence-corrected chi connectivity index (χ1v) is 16.5. The Kier molecular flexibility index (Phi) is 10.2. The maximum Gasteiger partial charge on any atom is 0.296 e. The van der Waals surface area contributed by atoms with Crippen LogP contribution in [-0.4, -0.2) is 96.9 Å². The van der Waals surface area contributed by atoms with Crippen LogP contribution in [0.3, 0.4) is 0 Å². The molecule has 1 aromatic carbocycles. The van der Waals surface area contributed by atoms with E-state index in [4.69, 9.17) is 20.9 Å². The fourth-order valence-corrected chi connectivity index (χ4v) is 6.35. The number of hydrogen-bond donors (Lipinski definition) is 4. The van der Waals surface area contributed by atoms with Crippen LogP contribution in [0.25, 0.3) is 11.2 Å². The van der Waals surface area contributed by atoms with Crippen LogP contribution in [-0.2, 0) is 17.8 Å². The van der Waals surface area contributed by atoms with Gasteiger partial charge in [0.25, 0.3) is 11.6 Å². The van der Waals surface area contributed by atoms with Gasteiger partial charge in [-0.2, -0.15) is 5.10 Å². The largest absolute Gasteiger partial charge is 0.491 e. The third kappa shape index (κ3) is 7.65. The van der Waals surface area contributed by atoms with Crippen LogP contribution in [0, 0.1) is 17.0 Å². The molecule has 2 fully saturated rings. The Hall–Kier alpha value is -5.88. The van der Waals surface area contributed by atoms with Gasteiger partial charge in [0.1, 0.15) is 17.0 Å². The highest BCUT2D eigenvalue weighted by Gasteiger charge is 2.38. The Morgan fingerprint density at radius 3 is 2.65 bits per heavy atom. The number of hydrogen-bond acceptors (Lipinski definition) is 12. The van der Waals surface area contributed by atoms with E-state index in [0.717, 1.165) is 32.2 Å². The molecule has 0 spiro atoms. The van der Waals surface area contributed by atoms with Crippen LogP contribution >= 0.6 is 0 Å². The quantitative estimate of drug-likeness (QED) is 0.0569. The van der Waals surface area contributed by atoms with E-state index in [-0.39, 0.29) is 60.0 Å². The lowest BCUT2D eigenvalue weighted by Gasteiger charge is -2.26. The van der Waals surface area contributed by atoms with Crippen LogP contribution in [0.1, 0.15) is 56.7 Å². The number of nitro benzene ring substituents is 1. The second-order valence-electron chi connectivity index (χ2n) is 12.3. The number of allylic oxidation sites excluding steroid dienone is 1. The van der Waals surface area contributed by atoms with E-state index in [9.17, 15) is 24.5 Å². The third-order valence-corrected chi connectivity index (χ3v) is 8.80. The van der Waals surface area contributed by atoms with Crippen molar-refractivity contribution in [3.8, 4) is 5.75 Å². The molecule has 0 unspecified atom stereocenters. The van der Waals surface area contributed by atoms with Gasteiger partial charge in [-0.25, -0.2) is 9.97 Å². The summed E-state index contributed by atoms with van der Waals surface area (Å²) in [5.74, 6) is -1.61. The summed E-state index contributed by atoms with van der Waals surface area (Å²) in [7, 11) is 0. The maximum atomic E-state index is 13.3. The number of imidazole rings is 1. The smallest absolute Gasteiger partial charge is 0.296 e. The van der Waals surface area contributed by atoms with Gasteiger partial charge in [-0.3, -0.25) is 44.0 Å². The van der Waals surface area contributed by atoms with Crippen molar-refractivity contribution >= 4 is 46.2 Å². The lowest BCUT2D eigenvalue weighted by Crippen LogP contribution is -2.37. The molecule has 0 aliphatic carbocycles. The summed E-state index contributed by atoms with van der Waals surface area (Å²) >= 11 is 0. The average molecular weight is 702 g/mol. The van der Waals surface area contributed by atoms with Crippen molar-refractivity contribution < 1.29 is 28.8 Å². The molecule has 2 saturated heterocycles. The van der Waals surface area contributed by atoms with Gasteiger partial charge in [0.2, 0.25) is 17.8 Å². The van der Waals surface area contributed by atoms with Crippen molar-refractivity contribution in [3.05, 3.63) is 75.2 Å². The summed E-state index contributed by atoms with van der Waals surface area (Å²) < 4.78 is 14.9. The average Bonchev–Trinajstić information content (AvgIpc) is 3.89. The van der Waals surface area contributed by atoms with Gasteiger partial charge in [-0.15, -0.1) is 0 Å². The van der Waals surface area contributed by atoms with Gasteiger partial charge in [0.05, 0.1) is 35.5 Å². The fourth-order valence-electron chi connectivity index (χ4n) is 6.35. The Labute approximate surface area is 291 Å². The number of amides is 3. The Morgan fingerprint density at radius 2 is 1.96 bits per heavy atom. The summed E-state index contributed by atoms with van der Waals surface area (Å²) in [6.45, 7) is 7.12. The van der Waals surface area contributed by atoms with E-state index in [2.05, 4.69) is 30.6 Å². The minimum absolute atomic E-state index is 0.0440. The molecule has 51 heavy (non-hydrogen) atoms. The monoisotopic (exact) mass is 701 g/mol. The number of ether oxygens (including phenoxy) is 2. The number of pyridine rings is 1. The zero-order chi connectivity index (χ0) is 36.2. The van der Waals surface area contributed by atoms with Gasteiger partial charge in [-0.05, 0) is 44.9 Å². The number of benzene rings is 1. The van der Waals surface area contributed by atoms with E-state index in [1.807, 2.05) is 6.92 Å². The summed E-state index contributed by atoms with van der Waals surface area (Å²) in [6, 6.07) is 6.08. The summed E-state index contributed by atoms with van der Waals surface area (Å²) in [5.41, 5.74) is 12.5. The van der Waals surface area contributed by atoms with E-state index < -0.39 is 22.6 Å². The first-order valence-electron chi connectivity index (χ1n) is 16.5. The number of nitrogens with two attached hydrogens (primary N) is 2. The number of nitrogens with one attached hydrogen (secondary N) is 2. The van der Waals surface area contributed by atoms with Crippen molar-refractivity contribution in [1.82, 2.24) is 29.2 Å². The molecule has 4 aromatic rings. The van der Waals surface area contributed by atoms with Crippen LogP contribution < -0.4 is 26.8 Å². The van der Waals surface area contributed by atoms with E-state index >= 15 is 0 Å². The van der Waals surface area contributed by atoms with E-state index in [1.165, 1.54) is 18.3 Å². The SMILES string of the molecule is CCn1nc(C)cc1C(=O)Nc1nc2cc(C(N)=O)cnc2n1C/C=C/CNc1c(OCCCN2C[C@@H]3C[C@H]2CO3)cc(C(N)=O)cc1[N+](=O)[O-]. The molecule has 6 rings (SSSR count). The lowest BCUT2D eigenvalue weighted by molar-refractivity contribution is -0.384. The van der Waals surface area contributed by atoms with Gasteiger partial charge >= 0.3 is 0 Å². The molecular formula is C33H39N11O7. The maximum absolute atomic E-state index is 13.3. The van der Waals surface area contributed by atoms with Gasteiger partial charge < -0.3 is 26.3 Å². The van der Waals surface area contributed by atoms with Crippen LogP contribution in [0.15, 0.2) is 42.6 Å². The number of nitrogens with zero attached hydrogens (tertiary/aromatic N) is 7. The van der Waals surface area contributed by atoms with Gasteiger partial charge in [0, 0.05) is 56.6 Å². The molecular weight excluding hydrogens is 662 g/mol. The molecule has 6 N–H and O–H groups in total. The number of rotatable bonds is 16. The van der Waals surface area contributed by atoms with Crippen molar-refractivity contribution in [2.75, 3.05) is 43.5 Å². The summed E-state index contributed by atoms with van der Waals surface area (Å²) in [4.78, 5) is 59.8. The predicted octanol–water partition coefficient (Wildman–Crippen LogP) is 2.22. The molecule has 18 nitrogen and oxygen atoms in total. The molecule has 0 radical (unpaired) electrons. The molecule has 5 heterocycles. The minimum atomic E-state index is -0.816. The molecule has 18 heteroatoms. The van der Waals surface area contributed by atoms with Crippen molar-refractivity contribution in [2.45, 2.75) is 51.9 Å². The highest BCUT2D eigenvalue weighted by Crippen LogP contribution is 2.36. The van der Waals surface area contributed by atoms with Crippen molar-refractivity contribution in [3.63, 3.8) is 0 Å². The number of morpholine rings is 1. The molecule has 3 aromatic heterocycles. The summed E-state index contributed by atoms with van der Waals surface area (Å²) in [5, 5.41) is 22.3. The number of nitro groups is 1. The van der Waals surface area contributed by atoms with Crippen molar-refractivity contribution in [2.24, 2.45) is 11.5 Å². The second kappa shape index (κ2) is 14.9. The number of anilines is 2. The molecule has 2 aliphatic heterocycles. The Morgan fingerprint density at radius 1 is 1.16 bits per heavy atom. The topological polar surface area (TPSA) is 241 Å². The van der Waals surface area contributed by atoms with Crippen LogP contribution in [0.4, 0.5) is 17.3 Å². The Balaban J connectivity index is 1.18. The normalized spacial score (nSPS) is 17.0. The number of aromatic nitrogens is 5. The van der Waals surface area contributed by atoms with E-state index in [0.29, 0.717) is 41.6 Å². The number of primary amides is 2. The zero-order valence-electron chi connectivity index (χ0n) is 28.2. The number of likely N-dealkylation sites (tertiary alicyclic amines) is 1.